The van der Waals surface area contributed by atoms with E-state index in [1.807, 2.05) is 17.9 Å². The highest BCUT2D eigenvalue weighted by atomic mass is 16.5. The Kier molecular flexibility index (Phi) is 3.49. The maximum absolute atomic E-state index is 5.59. The fraction of sp³-hybridized carbons (Fsp3) is 0.438. The summed E-state index contributed by atoms with van der Waals surface area (Å²) in [6.45, 7) is 5.97. The van der Waals surface area contributed by atoms with E-state index in [1.165, 1.54) is 22.4 Å². The van der Waals surface area contributed by atoms with Gasteiger partial charge in [0.1, 0.15) is 5.75 Å². The van der Waals surface area contributed by atoms with E-state index in [4.69, 9.17) is 4.74 Å². The van der Waals surface area contributed by atoms with E-state index in [9.17, 15) is 0 Å². The van der Waals surface area contributed by atoms with Crippen molar-refractivity contribution in [2.24, 2.45) is 7.05 Å². The van der Waals surface area contributed by atoms with E-state index in [0.29, 0.717) is 0 Å². The summed E-state index contributed by atoms with van der Waals surface area (Å²) in [6, 6.07) is 6.71. The van der Waals surface area contributed by atoms with Crippen molar-refractivity contribution in [3.05, 3.63) is 46.8 Å². The molecule has 4 nitrogen and oxygen atoms in total. The third kappa shape index (κ3) is 2.20. The van der Waals surface area contributed by atoms with Crippen LogP contribution in [0, 0.1) is 6.92 Å². The van der Waals surface area contributed by atoms with Crippen molar-refractivity contribution in [1.29, 1.82) is 0 Å². The van der Waals surface area contributed by atoms with E-state index in [1.54, 1.807) is 0 Å². The molecule has 106 valence electrons. The maximum atomic E-state index is 5.59. The Hall–Kier alpha value is -1.81. The molecule has 1 aromatic heterocycles. The molecule has 0 saturated carbocycles. The number of hydrogen-bond acceptors (Lipinski definition) is 3. The molecule has 0 amide bonds. The van der Waals surface area contributed by atoms with Crippen molar-refractivity contribution in [1.82, 2.24) is 15.1 Å². The summed E-state index contributed by atoms with van der Waals surface area (Å²) in [5, 5.41) is 7.94. The number of ether oxygens (including phenoxy) is 1. The molecular weight excluding hydrogens is 250 g/mol. The van der Waals surface area contributed by atoms with Crippen molar-refractivity contribution in [3.8, 4) is 5.75 Å². The molecule has 1 aromatic carbocycles. The topological polar surface area (TPSA) is 39.1 Å². The molecule has 0 aliphatic carbocycles. The summed E-state index contributed by atoms with van der Waals surface area (Å²) in [5.74, 6) is 1.03. The number of rotatable bonds is 4. The molecule has 1 aliphatic heterocycles. The minimum atomic E-state index is 0.194. The lowest BCUT2D eigenvalue weighted by Gasteiger charge is -2.19. The zero-order valence-corrected chi connectivity index (χ0v) is 12.3. The predicted octanol–water partition coefficient (Wildman–Crippen LogP) is 2.36. The van der Waals surface area contributed by atoms with E-state index >= 15 is 0 Å². The standard InChI is InChI=1S/C16H21N3O/c1-4-17-16(14-10-18-19(3)11(14)2)13-5-6-15-12(9-13)7-8-20-15/h5-6,9-10,16-17H,4,7-8H2,1-3H3. The second kappa shape index (κ2) is 5.29. The van der Waals surface area contributed by atoms with Gasteiger partial charge in [0.15, 0.2) is 0 Å². The van der Waals surface area contributed by atoms with E-state index < -0.39 is 0 Å². The first-order chi connectivity index (χ1) is 9.70. The maximum Gasteiger partial charge on any atom is 0.122 e. The van der Waals surface area contributed by atoms with E-state index in [2.05, 4.69) is 42.5 Å². The molecule has 1 aliphatic rings. The van der Waals surface area contributed by atoms with Crippen molar-refractivity contribution in [2.45, 2.75) is 26.3 Å². The van der Waals surface area contributed by atoms with Gasteiger partial charge in [-0.25, -0.2) is 0 Å². The molecule has 4 heteroatoms. The molecule has 1 unspecified atom stereocenters. The Morgan fingerprint density at radius 3 is 3.00 bits per heavy atom. The highest BCUT2D eigenvalue weighted by Crippen LogP contribution is 2.31. The lowest BCUT2D eigenvalue weighted by molar-refractivity contribution is 0.357. The fourth-order valence-electron chi connectivity index (χ4n) is 2.80. The summed E-state index contributed by atoms with van der Waals surface area (Å²) >= 11 is 0. The van der Waals surface area contributed by atoms with Gasteiger partial charge in [0.25, 0.3) is 0 Å². The first-order valence-corrected chi connectivity index (χ1v) is 7.18. The molecule has 0 spiro atoms. The monoisotopic (exact) mass is 271 g/mol. The number of fused-ring (bicyclic) bond motifs is 1. The quantitative estimate of drug-likeness (QED) is 0.928. The summed E-state index contributed by atoms with van der Waals surface area (Å²) in [4.78, 5) is 0. The Morgan fingerprint density at radius 1 is 1.45 bits per heavy atom. The Balaban J connectivity index is 2.00. The van der Waals surface area contributed by atoms with Gasteiger partial charge in [-0.2, -0.15) is 5.10 Å². The van der Waals surface area contributed by atoms with Crippen LogP contribution in [-0.2, 0) is 13.5 Å². The largest absolute Gasteiger partial charge is 0.493 e. The van der Waals surface area contributed by atoms with Crippen LogP contribution in [0.1, 0.15) is 35.3 Å². The molecule has 1 atom stereocenters. The lowest BCUT2D eigenvalue weighted by Crippen LogP contribution is -2.22. The number of aromatic nitrogens is 2. The van der Waals surface area contributed by atoms with Gasteiger partial charge in [0.2, 0.25) is 0 Å². The van der Waals surface area contributed by atoms with Gasteiger partial charge in [0, 0.05) is 24.7 Å². The first-order valence-electron chi connectivity index (χ1n) is 7.18. The molecule has 0 fully saturated rings. The molecule has 2 aromatic rings. The van der Waals surface area contributed by atoms with Gasteiger partial charge in [-0.3, -0.25) is 4.68 Å². The highest BCUT2D eigenvalue weighted by molar-refractivity contribution is 5.43. The molecule has 1 N–H and O–H groups in total. The zero-order valence-electron chi connectivity index (χ0n) is 12.3. The third-order valence-corrected chi connectivity index (χ3v) is 4.04. The highest BCUT2D eigenvalue weighted by Gasteiger charge is 2.20. The van der Waals surface area contributed by atoms with Crippen LogP contribution in [0.15, 0.2) is 24.4 Å². The van der Waals surface area contributed by atoms with Gasteiger partial charge >= 0.3 is 0 Å². The smallest absolute Gasteiger partial charge is 0.122 e. The van der Waals surface area contributed by atoms with Gasteiger partial charge < -0.3 is 10.1 Å². The van der Waals surface area contributed by atoms with Crippen molar-refractivity contribution >= 4 is 0 Å². The van der Waals surface area contributed by atoms with Crippen LogP contribution in [0.5, 0.6) is 5.75 Å². The number of nitrogens with zero attached hydrogens (tertiary/aromatic N) is 2. The molecule has 0 saturated heterocycles. The molecule has 0 radical (unpaired) electrons. The average molecular weight is 271 g/mol. The predicted molar refractivity (Wildman–Crippen MR) is 79.1 cm³/mol. The van der Waals surface area contributed by atoms with Crippen LogP contribution in [0.2, 0.25) is 0 Å². The summed E-state index contributed by atoms with van der Waals surface area (Å²) in [7, 11) is 1.98. The van der Waals surface area contributed by atoms with Crippen LogP contribution in [0.4, 0.5) is 0 Å². The second-order valence-corrected chi connectivity index (χ2v) is 5.27. The summed E-state index contributed by atoms with van der Waals surface area (Å²) in [5.41, 5.74) is 5.04. The van der Waals surface area contributed by atoms with Crippen molar-refractivity contribution in [2.75, 3.05) is 13.2 Å². The van der Waals surface area contributed by atoms with Crippen LogP contribution in [0.25, 0.3) is 0 Å². The Bertz CT molecular complexity index is 618. The van der Waals surface area contributed by atoms with Crippen LogP contribution in [-0.4, -0.2) is 22.9 Å². The van der Waals surface area contributed by atoms with Gasteiger partial charge in [-0.1, -0.05) is 19.1 Å². The van der Waals surface area contributed by atoms with Crippen molar-refractivity contribution < 1.29 is 4.74 Å². The van der Waals surface area contributed by atoms with Gasteiger partial charge in [-0.05, 0) is 30.7 Å². The Labute approximate surface area is 119 Å². The number of nitrogens with one attached hydrogen (secondary N) is 1. The van der Waals surface area contributed by atoms with Gasteiger partial charge in [-0.15, -0.1) is 0 Å². The molecule has 3 rings (SSSR count). The SMILES string of the molecule is CCNC(c1ccc2c(c1)CCO2)c1cnn(C)c1C. The molecule has 20 heavy (non-hydrogen) atoms. The third-order valence-electron chi connectivity index (χ3n) is 4.04. The molecule has 2 heterocycles. The van der Waals surface area contributed by atoms with Crippen LogP contribution in [0.3, 0.4) is 0 Å². The molecule has 0 bridgehead atoms. The van der Waals surface area contributed by atoms with E-state index in [0.717, 1.165) is 25.3 Å². The number of hydrogen-bond donors (Lipinski definition) is 1. The zero-order chi connectivity index (χ0) is 14.1. The lowest BCUT2D eigenvalue weighted by atomic mass is 9.97. The number of aryl methyl sites for hydroxylation is 1. The van der Waals surface area contributed by atoms with Crippen molar-refractivity contribution in [3.63, 3.8) is 0 Å². The van der Waals surface area contributed by atoms with Crippen LogP contribution >= 0.6 is 0 Å². The molecular formula is C16H21N3O. The van der Waals surface area contributed by atoms with Crippen LogP contribution < -0.4 is 10.1 Å². The minimum Gasteiger partial charge on any atom is -0.493 e. The summed E-state index contributed by atoms with van der Waals surface area (Å²) in [6.07, 6.45) is 2.97. The normalized spacial score (nSPS) is 14.9. The first kappa shape index (κ1) is 13.2. The van der Waals surface area contributed by atoms with E-state index in [-0.39, 0.29) is 6.04 Å². The summed E-state index contributed by atoms with van der Waals surface area (Å²) < 4.78 is 7.52. The fourth-order valence-corrected chi connectivity index (χ4v) is 2.80. The Morgan fingerprint density at radius 2 is 2.30 bits per heavy atom. The average Bonchev–Trinajstić information content (AvgIpc) is 3.04. The van der Waals surface area contributed by atoms with Gasteiger partial charge in [0.05, 0.1) is 18.8 Å². The minimum absolute atomic E-state index is 0.194. The number of benzene rings is 1. The second-order valence-electron chi connectivity index (χ2n) is 5.27.